The largest absolute Gasteiger partial charge is 0.381 e. The van der Waals surface area contributed by atoms with Crippen LogP contribution in [0.3, 0.4) is 0 Å². The lowest BCUT2D eigenvalue weighted by Gasteiger charge is -2.24. The van der Waals surface area contributed by atoms with Crippen molar-refractivity contribution in [2.75, 3.05) is 29.2 Å². The van der Waals surface area contributed by atoms with Crippen molar-refractivity contribution in [2.24, 2.45) is 0 Å². The molecule has 2 rings (SSSR count). The number of carbonyl (C=O) groups is 1. The molecule has 7 heteroatoms. The normalized spacial score (nSPS) is 20.9. The molecule has 1 heterocycles. The maximum atomic E-state index is 11.6. The van der Waals surface area contributed by atoms with Crippen LogP contribution in [0.2, 0.25) is 0 Å². The number of amides is 2. The molecule has 0 aliphatic carbocycles. The minimum atomic E-state index is -2.91. The SMILES string of the molecule is CNC(=O)Nc1ccc(NC2CCCS(=O)(=O)C2)cc1. The maximum absolute atomic E-state index is 11.6. The van der Waals surface area contributed by atoms with Crippen molar-refractivity contribution in [1.82, 2.24) is 5.32 Å². The number of anilines is 2. The maximum Gasteiger partial charge on any atom is 0.318 e. The number of hydrogen-bond acceptors (Lipinski definition) is 4. The quantitative estimate of drug-likeness (QED) is 0.787. The Morgan fingerprint density at radius 2 is 1.85 bits per heavy atom. The van der Waals surface area contributed by atoms with Crippen LogP contribution in [0.4, 0.5) is 16.2 Å². The Morgan fingerprint density at radius 1 is 1.20 bits per heavy atom. The number of carbonyl (C=O) groups excluding carboxylic acids is 1. The molecule has 1 aliphatic rings. The van der Waals surface area contributed by atoms with E-state index in [9.17, 15) is 13.2 Å². The second-order valence-corrected chi connectivity index (χ2v) is 7.11. The van der Waals surface area contributed by atoms with Crippen molar-refractivity contribution in [3.05, 3.63) is 24.3 Å². The van der Waals surface area contributed by atoms with Crippen molar-refractivity contribution in [2.45, 2.75) is 18.9 Å². The van der Waals surface area contributed by atoms with Crippen molar-refractivity contribution in [3.8, 4) is 0 Å². The van der Waals surface area contributed by atoms with Gasteiger partial charge >= 0.3 is 6.03 Å². The number of hydrogen-bond donors (Lipinski definition) is 3. The molecule has 0 radical (unpaired) electrons. The molecule has 20 heavy (non-hydrogen) atoms. The molecule has 0 bridgehead atoms. The van der Waals surface area contributed by atoms with Gasteiger partial charge in [-0.05, 0) is 37.1 Å². The summed E-state index contributed by atoms with van der Waals surface area (Å²) in [5.41, 5.74) is 1.54. The summed E-state index contributed by atoms with van der Waals surface area (Å²) in [6, 6.07) is 6.89. The Bertz CT molecular complexity index is 569. The molecule has 1 aromatic rings. The van der Waals surface area contributed by atoms with Crippen LogP contribution in [0.5, 0.6) is 0 Å². The summed E-state index contributed by atoms with van der Waals surface area (Å²) in [5, 5.41) is 8.36. The van der Waals surface area contributed by atoms with Crippen molar-refractivity contribution < 1.29 is 13.2 Å². The van der Waals surface area contributed by atoms with Gasteiger partial charge in [0.05, 0.1) is 11.5 Å². The van der Waals surface area contributed by atoms with Crippen LogP contribution in [0, 0.1) is 0 Å². The Kier molecular flexibility index (Phi) is 4.49. The summed E-state index contributed by atoms with van der Waals surface area (Å²) in [7, 11) is -1.36. The zero-order chi connectivity index (χ0) is 14.6. The predicted molar refractivity (Wildman–Crippen MR) is 79.8 cm³/mol. The van der Waals surface area contributed by atoms with Gasteiger partial charge in [0.1, 0.15) is 0 Å². The van der Waals surface area contributed by atoms with E-state index in [0.29, 0.717) is 17.9 Å². The Balaban J connectivity index is 1.95. The standard InChI is InChI=1S/C13H19N3O3S/c1-14-13(17)16-11-6-4-10(5-7-11)15-12-3-2-8-20(18,19)9-12/h4-7,12,15H,2-3,8-9H2,1H3,(H2,14,16,17). The van der Waals surface area contributed by atoms with E-state index in [1.807, 2.05) is 12.1 Å². The lowest BCUT2D eigenvalue weighted by Crippen LogP contribution is -2.34. The first kappa shape index (κ1) is 14.6. The van der Waals surface area contributed by atoms with Gasteiger partial charge < -0.3 is 16.0 Å². The number of benzene rings is 1. The zero-order valence-electron chi connectivity index (χ0n) is 11.3. The van der Waals surface area contributed by atoms with Crippen LogP contribution < -0.4 is 16.0 Å². The second kappa shape index (κ2) is 6.13. The third-order valence-electron chi connectivity index (χ3n) is 3.20. The number of rotatable bonds is 3. The van der Waals surface area contributed by atoms with E-state index in [2.05, 4.69) is 16.0 Å². The Hall–Kier alpha value is -1.76. The minimum absolute atomic E-state index is 0.0356. The molecule has 1 aromatic carbocycles. The highest BCUT2D eigenvalue weighted by Crippen LogP contribution is 2.19. The lowest BCUT2D eigenvalue weighted by atomic mass is 10.1. The first-order valence-corrected chi connectivity index (χ1v) is 8.36. The third kappa shape index (κ3) is 4.12. The first-order chi connectivity index (χ1) is 9.48. The molecule has 1 atom stereocenters. The summed E-state index contributed by atoms with van der Waals surface area (Å²) in [6.07, 6.45) is 1.56. The van der Waals surface area contributed by atoms with Gasteiger partial charge in [0.15, 0.2) is 9.84 Å². The Labute approximate surface area is 118 Å². The molecule has 1 aliphatic heterocycles. The molecule has 1 saturated heterocycles. The molecule has 6 nitrogen and oxygen atoms in total. The number of urea groups is 1. The molecule has 3 N–H and O–H groups in total. The summed E-state index contributed by atoms with van der Waals surface area (Å²) in [4.78, 5) is 11.1. The second-order valence-electron chi connectivity index (χ2n) is 4.88. The Morgan fingerprint density at radius 3 is 2.45 bits per heavy atom. The van der Waals surface area contributed by atoms with Gasteiger partial charge in [0, 0.05) is 24.5 Å². The third-order valence-corrected chi connectivity index (χ3v) is 5.02. The minimum Gasteiger partial charge on any atom is -0.381 e. The number of sulfone groups is 1. The molecular weight excluding hydrogens is 278 g/mol. The van der Waals surface area contributed by atoms with E-state index in [1.54, 1.807) is 19.2 Å². The first-order valence-electron chi connectivity index (χ1n) is 6.54. The average Bonchev–Trinajstić information content (AvgIpc) is 2.40. The van der Waals surface area contributed by atoms with Gasteiger partial charge in [-0.25, -0.2) is 13.2 Å². The molecule has 1 fully saturated rings. The van der Waals surface area contributed by atoms with Gasteiger partial charge in [0.25, 0.3) is 0 Å². The highest BCUT2D eigenvalue weighted by Gasteiger charge is 2.24. The van der Waals surface area contributed by atoms with E-state index in [1.165, 1.54) is 0 Å². The van der Waals surface area contributed by atoms with Crippen LogP contribution in [-0.2, 0) is 9.84 Å². The van der Waals surface area contributed by atoms with E-state index >= 15 is 0 Å². The summed E-state index contributed by atoms with van der Waals surface area (Å²) < 4.78 is 23.1. The fourth-order valence-electron chi connectivity index (χ4n) is 2.22. The molecular formula is C13H19N3O3S. The number of nitrogens with one attached hydrogen (secondary N) is 3. The van der Waals surface area contributed by atoms with Gasteiger partial charge in [-0.1, -0.05) is 0 Å². The van der Waals surface area contributed by atoms with Gasteiger partial charge in [-0.2, -0.15) is 0 Å². The van der Waals surface area contributed by atoms with Gasteiger partial charge in [-0.3, -0.25) is 0 Å². The van der Waals surface area contributed by atoms with Crippen LogP contribution in [0.15, 0.2) is 24.3 Å². The van der Waals surface area contributed by atoms with Gasteiger partial charge in [0.2, 0.25) is 0 Å². The molecule has 110 valence electrons. The van der Waals surface area contributed by atoms with E-state index < -0.39 is 9.84 Å². The molecule has 0 saturated carbocycles. The summed E-state index contributed by atoms with van der Waals surface area (Å²) >= 11 is 0. The van der Waals surface area contributed by atoms with Crippen LogP contribution in [0.1, 0.15) is 12.8 Å². The zero-order valence-corrected chi connectivity index (χ0v) is 12.2. The fraction of sp³-hybridized carbons (Fsp3) is 0.462. The average molecular weight is 297 g/mol. The van der Waals surface area contributed by atoms with Gasteiger partial charge in [-0.15, -0.1) is 0 Å². The van der Waals surface area contributed by atoms with E-state index in [-0.39, 0.29) is 17.8 Å². The molecule has 0 spiro atoms. The van der Waals surface area contributed by atoms with Crippen molar-refractivity contribution in [3.63, 3.8) is 0 Å². The highest BCUT2D eigenvalue weighted by atomic mass is 32.2. The fourth-order valence-corrected chi connectivity index (χ4v) is 3.85. The van der Waals surface area contributed by atoms with E-state index in [4.69, 9.17) is 0 Å². The summed E-state index contributed by atoms with van der Waals surface area (Å²) in [5.74, 6) is 0.478. The highest BCUT2D eigenvalue weighted by molar-refractivity contribution is 7.91. The van der Waals surface area contributed by atoms with Crippen molar-refractivity contribution in [1.29, 1.82) is 0 Å². The smallest absolute Gasteiger partial charge is 0.318 e. The van der Waals surface area contributed by atoms with Crippen LogP contribution >= 0.6 is 0 Å². The molecule has 0 aromatic heterocycles. The predicted octanol–water partition coefficient (Wildman–Crippen LogP) is 1.43. The lowest BCUT2D eigenvalue weighted by molar-refractivity contribution is 0.254. The molecule has 2 amide bonds. The van der Waals surface area contributed by atoms with E-state index in [0.717, 1.165) is 12.1 Å². The van der Waals surface area contributed by atoms with Crippen molar-refractivity contribution >= 4 is 27.2 Å². The monoisotopic (exact) mass is 297 g/mol. The van der Waals surface area contributed by atoms with Crippen LogP contribution in [0.25, 0.3) is 0 Å². The molecule has 1 unspecified atom stereocenters. The topological polar surface area (TPSA) is 87.3 Å². The van der Waals surface area contributed by atoms with Crippen LogP contribution in [-0.4, -0.2) is 39.0 Å². The summed E-state index contributed by atoms with van der Waals surface area (Å²) in [6.45, 7) is 0.